The van der Waals surface area contributed by atoms with Gasteiger partial charge in [0.15, 0.2) is 0 Å². The van der Waals surface area contributed by atoms with Crippen molar-refractivity contribution in [1.82, 2.24) is 5.32 Å². The molecule has 1 amide bonds. The molecule has 0 saturated heterocycles. The topological polar surface area (TPSA) is 95.9 Å². The first-order valence-corrected chi connectivity index (χ1v) is 27.2. The number of nitrogens with one attached hydrogen (secondary N) is 1. The molecule has 0 aliphatic rings. The highest BCUT2D eigenvalue weighted by Crippen LogP contribution is 2.18. The summed E-state index contributed by atoms with van der Waals surface area (Å²) in [5.41, 5.74) is 0. The Morgan fingerprint density at radius 3 is 1.34 bits per heavy atom. The van der Waals surface area contributed by atoms with E-state index in [1.807, 2.05) is 0 Å². The molecule has 0 saturated carbocycles. The quantitative estimate of drug-likeness (QED) is 0.0321. The van der Waals surface area contributed by atoms with Crippen molar-refractivity contribution >= 4 is 11.9 Å². The van der Waals surface area contributed by atoms with Crippen molar-refractivity contribution in [2.24, 2.45) is 0 Å². The van der Waals surface area contributed by atoms with Crippen LogP contribution in [-0.2, 0) is 14.3 Å². The zero-order valence-electron chi connectivity index (χ0n) is 41.5. The van der Waals surface area contributed by atoms with Crippen LogP contribution >= 0.6 is 0 Å². The summed E-state index contributed by atoms with van der Waals surface area (Å²) in [5, 5.41) is 23.8. The number of aliphatic hydroxyl groups is 2. The lowest BCUT2D eigenvalue weighted by atomic mass is 10.0. The second-order valence-corrected chi connectivity index (χ2v) is 18.6. The van der Waals surface area contributed by atoms with Gasteiger partial charge in [0.2, 0.25) is 5.91 Å². The van der Waals surface area contributed by atoms with Crippen LogP contribution in [0, 0.1) is 0 Å². The van der Waals surface area contributed by atoms with Gasteiger partial charge in [0, 0.05) is 6.42 Å². The van der Waals surface area contributed by atoms with Gasteiger partial charge in [-0.15, -0.1) is 0 Å². The molecule has 62 heavy (non-hydrogen) atoms. The van der Waals surface area contributed by atoms with Gasteiger partial charge in [0.25, 0.3) is 0 Å². The lowest BCUT2D eigenvalue weighted by molar-refractivity contribution is -0.151. The molecular formula is C56H105NO5. The Labute approximate surface area is 385 Å². The van der Waals surface area contributed by atoms with E-state index in [2.05, 4.69) is 62.5 Å². The number of carbonyl (C=O) groups is 2. The van der Waals surface area contributed by atoms with E-state index in [0.717, 1.165) is 70.6 Å². The van der Waals surface area contributed by atoms with E-state index in [9.17, 15) is 19.8 Å². The van der Waals surface area contributed by atoms with Gasteiger partial charge in [-0.25, -0.2) is 0 Å². The fraction of sp³-hybridized carbons (Fsp3) is 0.857. The molecule has 0 aliphatic heterocycles. The van der Waals surface area contributed by atoms with Gasteiger partial charge in [0.1, 0.15) is 6.10 Å². The molecule has 0 radical (unpaired) electrons. The van der Waals surface area contributed by atoms with Gasteiger partial charge in [0.05, 0.1) is 25.2 Å². The SMILES string of the molecule is CC/C=C/C/C=C/CCCCCCCC(CC(=O)NC(CO)C(O)CCCCCCCCCCCCCCCCCC)OC(=O)CCCCCCCCC/C=C\CCCCCC. The Kier molecular flexibility index (Phi) is 48.5. The normalized spacial score (nSPS) is 13.4. The standard InChI is InChI=1S/C56H105NO5/c1-4-7-10-13-16-19-22-25-27-29-30-33-36-39-42-45-48-54(59)53(51-58)57-55(60)50-52(47-44-41-38-35-32-24-21-18-15-12-9-6-3)62-56(61)49-46-43-40-37-34-31-28-26-23-20-17-14-11-8-5-2/h9,12,18,20-21,23,52-54,58-59H,4-8,10-11,13-17,19,22,24-51H2,1-3H3,(H,57,60)/b12-9+,21-18+,23-20-. The molecule has 6 heteroatoms. The number of carbonyl (C=O) groups excluding carboxylic acids is 2. The van der Waals surface area contributed by atoms with E-state index in [4.69, 9.17) is 4.74 Å². The Balaban J connectivity index is 4.50. The third kappa shape index (κ3) is 44.7. The molecule has 3 N–H and O–H groups in total. The monoisotopic (exact) mass is 872 g/mol. The molecule has 0 aliphatic carbocycles. The molecule has 3 atom stereocenters. The van der Waals surface area contributed by atoms with Gasteiger partial charge >= 0.3 is 5.97 Å². The second kappa shape index (κ2) is 50.1. The fourth-order valence-corrected chi connectivity index (χ4v) is 8.35. The molecule has 0 bridgehead atoms. The molecule has 0 aromatic rings. The minimum Gasteiger partial charge on any atom is -0.462 e. The summed E-state index contributed by atoms with van der Waals surface area (Å²) in [4.78, 5) is 26.2. The number of amides is 1. The maximum atomic E-state index is 13.2. The second-order valence-electron chi connectivity index (χ2n) is 18.6. The molecular weight excluding hydrogens is 767 g/mol. The smallest absolute Gasteiger partial charge is 0.306 e. The van der Waals surface area contributed by atoms with E-state index in [1.54, 1.807) is 0 Å². The lowest BCUT2D eigenvalue weighted by Gasteiger charge is -2.24. The van der Waals surface area contributed by atoms with Gasteiger partial charge in [-0.05, 0) is 77.0 Å². The molecule has 364 valence electrons. The number of hydrogen-bond donors (Lipinski definition) is 3. The van der Waals surface area contributed by atoms with Crippen LogP contribution in [0.2, 0.25) is 0 Å². The van der Waals surface area contributed by atoms with Crippen molar-refractivity contribution < 1.29 is 24.5 Å². The lowest BCUT2D eigenvalue weighted by Crippen LogP contribution is -2.46. The van der Waals surface area contributed by atoms with Crippen LogP contribution in [0.1, 0.15) is 284 Å². The minimum atomic E-state index is -0.791. The van der Waals surface area contributed by atoms with Crippen LogP contribution in [0.25, 0.3) is 0 Å². The van der Waals surface area contributed by atoms with Gasteiger partial charge in [-0.3, -0.25) is 9.59 Å². The predicted molar refractivity (Wildman–Crippen MR) is 269 cm³/mol. The Bertz CT molecular complexity index is 1020. The summed E-state index contributed by atoms with van der Waals surface area (Å²) >= 11 is 0. The summed E-state index contributed by atoms with van der Waals surface area (Å²) in [7, 11) is 0. The molecule has 3 unspecified atom stereocenters. The molecule has 0 fully saturated rings. The summed E-state index contributed by atoms with van der Waals surface area (Å²) in [6.07, 6.45) is 59.2. The zero-order chi connectivity index (χ0) is 45.2. The molecule has 0 aromatic heterocycles. The molecule has 0 rings (SSSR count). The third-order valence-electron chi connectivity index (χ3n) is 12.5. The first-order chi connectivity index (χ1) is 30.5. The summed E-state index contributed by atoms with van der Waals surface area (Å²) in [6.45, 7) is 6.38. The van der Waals surface area contributed by atoms with Crippen LogP contribution in [0.15, 0.2) is 36.5 Å². The Hall–Kier alpha value is -1.92. The number of allylic oxidation sites excluding steroid dienone is 6. The molecule has 6 nitrogen and oxygen atoms in total. The van der Waals surface area contributed by atoms with E-state index in [1.165, 1.54) is 167 Å². The van der Waals surface area contributed by atoms with Crippen LogP contribution < -0.4 is 5.32 Å². The predicted octanol–water partition coefficient (Wildman–Crippen LogP) is 16.5. The van der Waals surface area contributed by atoms with Gasteiger partial charge in [-0.2, -0.15) is 0 Å². The van der Waals surface area contributed by atoms with E-state index >= 15 is 0 Å². The van der Waals surface area contributed by atoms with Crippen molar-refractivity contribution in [3.8, 4) is 0 Å². The number of unbranched alkanes of at least 4 members (excludes halogenated alkanes) is 31. The van der Waals surface area contributed by atoms with Gasteiger partial charge in [-0.1, -0.05) is 231 Å². The fourth-order valence-electron chi connectivity index (χ4n) is 8.35. The number of ether oxygens (including phenoxy) is 1. The maximum absolute atomic E-state index is 13.2. The molecule has 0 heterocycles. The number of rotatable bonds is 49. The van der Waals surface area contributed by atoms with E-state index < -0.39 is 18.2 Å². The van der Waals surface area contributed by atoms with Crippen molar-refractivity contribution in [3.05, 3.63) is 36.5 Å². The first kappa shape index (κ1) is 60.1. The van der Waals surface area contributed by atoms with Crippen molar-refractivity contribution in [1.29, 1.82) is 0 Å². The highest BCUT2D eigenvalue weighted by atomic mass is 16.5. The van der Waals surface area contributed by atoms with Gasteiger partial charge < -0.3 is 20.3 Å². The first-order valence-electron chi connectivity index (χ1n) is 27.2. The van der Waals surface area contributed by atoms with E-state index in [0.29, 0.717) is 19.3 Å². The minimum absolute atomic E-state index is 0.0688. The molecule has 0 spiro atoms. The zero-order valence-corrected chi connectivity index (χ0v) is 41.5. The molecule has 0 aromatic carbocycles. The van der Waals surface area contributed by atoms with Crippen LogP contribution in [-0.4, -0.2) is 46.9 Å². The third-order valence-corrected chi connectivity index (χ3v) is 12.5. The summed E-state index contributed by atoms with van der Waals surface area (Å²) < 4.78 is 5.93. The average Bonchev–Trinajstić information content (AvgIpc) is 3.26. The maximum Gasteiger partial charge on any atom is 0.306 e. The van der Waals surface area contributed by atoms with Crippen LogP contribution in [0.3, 0.4) is 0 Å². The highest BCUT2D eigenvalue weighted by molar-refractivity contribution is 5.77. The summed E-state index contributed by atoms with van der Waals surface area (Å²) in [6, 6.07) is -0.705. The van der Waals surface area contributed by atoms with Crippen molar-refractivity contribution in [3.63, 3.8) is 0 Å². The Morgan fingerprint density at radius 1 is 0.484 bits per heavy atom. The Morgan fingerprint density at radius 2 is 0.871 bits per heavy atom. The number of aliphatic hydroxyl groups excluding tert-OH is 2. The van der Waals surface area contributed by atoms with Crippen molar-refractivity contribution in [2.75, 3.05) is 6.61 Å². The number of hydrogen-bond acceptors (Lipinski definition) is 5. The number of esters is 1. The van der Waals surface area contributed by atoms with Crippen molar-refractivity contribution in [2.45, 2.75) is 302 Å². The van der Waals surface area contributed by atoms with Crippen LogP contribution in [0.5, 0.6) is 0 Å². The summed E-state index contributed by atoms with van der Waals surface area (Å²) in [5.74, 6) is -0.483. The van der Waals surface area contributed by atoms with Crippen LogP contribution in [0.4, 0.5) is 0 Å². The average molecular weight is 872 g/mol. The largest absolute Gasteiger partial charge is 0.462 e. The van der Waals surface area contributed by atoms with E-state index in [-0.39, 0.29) is 24.9 Å². The highest BCUT2D eigenvalue weighted by Gasteiger charge is 2.24.